The average Bonchev–Trinajstić information content (AvgIpc) is 2.55. The SMILES string of the molecule is COc1ccc(NC(=S)N(C(C)C)[C@@H](C)c2ccccn2)cc1Cl. The summed E-state index contributed by atoms with van der Waals surface area (Å²) >= 11 is 11.8. The minimum atomic E-state index is 0.0555. The Labute approximate surface area is 153 Å². The van der Waals surface area contributed by atoms with Crippen molar-refractivity contribution in [2.24, 2.45) is 0 Å². The van der Waals surface area contributed by atoms with Crippen LogP contribution >= 0.6 is 23.8 Å². The lowest BCUT2D eigenvalue weighted by Gasteiger charge is -2.35. The summed E-state index contributed by atoms with van der Waals surface area (Å²) in [6, 6.07) is 11.7. The van der Waals surface area contributed by atoms with Gasteiger partial charge >= 0.3 is 0 Å². The van der Waals surface area contributed by atoms with E-state index in [1.54, 1.807) is 19.4 Å². The normalized spacial score (nSPS) is 11.9. The molecule has 0 aliphatic heterocycles. The second-order valence-electron chi connectivity index (χ2n) is 5.71. The Kier molecular flexibility index (Phi) is 6.40. The van der Waals surface area contributed by atoms with Crippen molar-refractivity contribution in [2.75, 3.05) is 12.4 Å². The molecule has 1 aromatic heterocycles. The zero-order chi connectivity index (χ0) is 17.7. The van der Waals surface area contributed by atoms with Gasteiger partial charge in [0.05, 0.1) is 23.9 Å². The predicted molar refractivity (Wildman–Crippen MR) is 104 cm³/mol. The maximum atomic E-state index is 6.18. The predicted octanol–water partition coefficient (Wildman–Crippen LogP) is 4.91. The third-order valence-corrected chi connectivity index (χ3v) is 4.34. The Bertz CT molecular complexity index is 694. The van der Waals surface area contributed by atoms with Gasteiger partial charge in [-0.15, -0.1) is 0 Å². The summed E-state index contributed by atoms with van der Waals surface area (Å²) in [5.41, 5.74) is 1.80. The number of anilines is 1. The molecule has 0 spiro atoms. The molecule has 1 N–H and O–H groups in total. The second kappa shape index (κ2) is 8.31. The Hall–Kier alpha value is -1.85. The van der Waals surface area contributed by atoms with Gasteiger partial charge < -0.3 is 15.0 Å². The van der Waals surface area contributed by atoms with Crippen molar-refractivity contribution in [3.63, 3.8) is 0 Å². The lowest BCUT2D eigenvalue weighted by molar-refractivity contribution is 0.280. The highest BCUT2D eigenvalue weighted by atomic mass is 35.5. The molecule has 1 atom stereocenters. The number of nitrogens with zero attached hydrogens (tertiary/aromatic N) is 2. The Morgan fingerprint density at radius 3 is 2.54 bits per heavy atom. The quantitative estimate of drug-likeness (QED) is 0.764. The van der Waals surface area contributed by atoms with Crippen LogP contribution in [-0.2, 0) is 0 Å². The Morgan fingerprint density at radius 1 is 1.25 bits per heavy atom. The number of hydrogen-bond acceptors (Lipinski definition) is 3. The van der Waals surface area contributed by atoms with E-state index in [4.69, 9.17) is 28.6 Å². The monoisotopic (exact) mass is 363 g/mol. The van der Waals surface area contributed by atoms with Crippen LogP contribution in [0.2, 0.25) is 5.02 Å². The molecule has 2 aromatic rings. The van der Waals surface area contributed by atoms with Crippen LogP contribution in [0.5, 0.6) is 5.75 Å². The fraction of sp³-hybridized carbons (Fsp3) is 0.333. The van der Waals surface area contributed by atoms with Crippen molar-refractivity contribution in [2.45, 2.75) is 32.9 Å². The van der Waals surface area contributed by atoms with Crippen LogP contribution in [0, 0.1) is 0 Å². The summed E-state index contributed by atoms with van der Waals surface area (Å²) in [7, 11) is 1.59. The van der Waals surface area contributed by atoms with Crippen LogP contribution in [-0.4, -0.2) is 28.1 Å². The molecule has 0 bridgehead atoms. The lowest BCUT2D eigenvalue weighted by atomic mass is 10.1. The van der Waals surface area contributed by atoms with Crippen molar-refractivity contribution in [3.8, 4) is 5.75 Å². The fourth-order valence-corrected chi connectivity index (χ4v) is 3.30. The van der Waals surface area contributed by atoms with Gasteiger partial charge in [0.2, 0.25) is 0 Å². The zero-order valence-electron chi connectivity index (χ0n) is 14.3. The van der Waals surface area contributed by atoms with E-state index in [2.05, 4.69) is 36.0 Å². The van der Waals surface area contributed by atoms with E-state index in [9.17, 15) is 0 Å². The van der Waals surface area contributed by atoms with Gasteiger partial charge in [-0.3, -0.25) is 4.98 Å². The van der Waals surface area contributed by atoms with Crippen LogP contribution in [0.1, 0.15) is 32.5 Å². The Morgan fingerprint density at radius 2 is 2.00 bits per heavy atom. The molecule has 4 nitrogen and oxygen atoms in total. The molecule has 6 heteroatoms. The van der Waals surface area contributed by atoms with Gasteiger partial charge in [0.1, 0.15) is 5.75 Å². The number of hydrogen-bond donors (Lipinski definition) is 1. The third-order valence-electron chi connectivity index (χ3n) is 3.73. The van der Waals surface area contributed by atoms with E-state index < -0.39 is 0 Å². The van der Waals surface area contributed by atoms with Crippen molar-refractivity contribution in [1.82, 2.24) is 9.88 Å². The first-order valence-electron chi connectivity index (χ1n) is 7.77. The summed E-state index contributed by atoms with van der Waals surface area (Å²) in [4.78, 5) is 6.56. The standard InChI is InChI=1S/C18H22ClN3OS/c1-12(2)22(13(3)16-7-5-6-10-20-16)18(24)21-14-8-9-17(23-4)15(19)11-14/h5-13H,1-4H3,(H,21,24)/t13-/m0/s1. The molecule has 1 heterocycles. The van der Waals surface area contributed by atoms with Crippen LogP contribution in [0.25, 0.3) is 0 Å². The molecular weight excluding hydrogens is 342 g/mol. The zero-order valence-corrected chi connectivity index (χ0v) is 15.9. The largest absolute Gasteiger partial charge is 0.495 e. The summed E-state index contributed by atoms with van der Waals surface area (Å²) in [6.45, 7) is 6.31. The molecule has 0 aliphatic rings. The average molecular weight is 364 g/mol. The van der Waals surface area contributed by atoms with E-state index in [1.807, 2.05) is 30.3 Å². The first kappa shape index (κ1) is 18.5. The highest BCUT2D eigenvalue weighted by molar-refractivity contribution is 7.80. The number of methoxy groups -OCH3 is 1. The summed E-state index contributed by atoms with van der Waals surface area (Å²) in [5.74, 6) is 0.635. The van der Waals surface area contributed by atoms with Crippen LogP contribution in [0.4, 0.5) is 5.69 Å². The molecule has 1 aromatic carbocycles. The lowest BCUT2D eigenvalue weighted by Crippen LogP contribution is -2.41. The van der Waals surface area contributed by atoms with Crippen molar-refractivity contribution >= 4 is 34.6 Å². The van der Waals surface area contributed by atoms with Gasteiger partial charge in [0.25, 0.3) is 0 Å². The number of benzene rings is 1. The number of nitrogens with one attached hydrogen (secondary N) is 1. The molecule has 2 rings (SSSR count). The van der Waals surface area contributed by atoms with Crippen LogP contribution in [0.3, 0.4) is 0 Å². The number of rotatable bonds is 5. The fourth-order valence-electron chi connectivity index (χ4n) is 2.56. The van der Waals surface area contributed by atoms with E-state index in [0.29, 0.717) is 15.9 Å². The van der Waals surface area contributed by atoms with Crippen molar-refractivity contribution in [3.05, 3.63) is 53.3 Å². The highest BCUT2D eigenvalue weighted by Crippen LogP contribution is 2.28. The summed E-state index contributed by atoms with van der Waals surface area (Å²) in [5, 5.41) is 4.43. The molecule has 0 saturated carbocycles. The molecule has 0 unspecified atom stereocenters. The molecule has 24 heavy (non-hydrogen) atoms. The van der Waals surface area contributed by atoms with Gasteiger partial charge in [0.15, 0.2) is 5.11 Å². The van der Waals surface area contributed by atoms with Gasteiger partial charge in [-0.25, -0.2) is 0 Å². The summed E-state index contributed by atoms with van der Waals surface area (Å²) < 4.78 is 5.18. The van der Waals surface area contributed by atoms with Crippen LogP contribution in [0.15, 0.2) is 42.6 Å². The first-order chi connectivity index (χ1) is 11.4. The smallest absolute Gasteiger partial charge is 0.174 e. The highest BCUT2D eigenvalue weighted by Gasteiger charge is 2.22. The summed E-state index contributed by atoms with van der Waals surface area (Å²) in [6.07, 6.45) is 1.80. The second-order valence-corrected chi connectivity index (χ2v) is 6.50. The number of thiocarbonyl (C=S) groups is 1. The topological polar surface area (TPSA) is 37.4 Å². The van der Waals surface area contributed by atoms with E-state index in [0.717, 1.165) is 11.4 Å². The van der Waals surface area contributed by atoms with Crippen molar-refractivity contribution < 1.29 is 4.74 Å². The molecule has 128 valence electrons. The first-order valence-corrected chi connectivity index (χ1v) is 8.56. The molecular formula is C18H22ClN3OS. The molecule has 0 fully saturated rings. The third kappa shape index (κ3) is 4.36. The maximum absolute atomic E-state index is 6.18. The van der Waals surface area contributed by atoms with Gasteiger partial charge in [0, 0.05) is 17.9 Å². The maximum Gasteiger partial charge on any atom is 0.174 e. The molecule has 0 saturated heterocycles. The Balaban J connectivity index is 2.19. The van der Waals surface area contributed by atoms with E-state index in [-0.39, 0.29) is 12.1 Å². The van der Waals surface area contributed by atoms with Crippen molar-refractivity contribution in [1.29, 1.82) is 0 Å². The number of aromatic nitrogens is 1. The van der Waals surface area contributed by atoms with Gasteiger partial charge in [-0.2, -0.15) is 0 Å². The van der Waals surface area contributed by atoms with Crippen LogP contribution < -0.4 is 10.1 Å². The molecule has 0 amide bonds. The van der Waals surface area contributed by atoms with E-state index in [1.165, 1.54) is 0 Å². The number of halogens is 1. The van der Waals surface area contributed by atoms with Gasteiger partial charge in [-0.05, 0) is 63.3 Å². The van der Waals surface area contributed by atoms with E-state index >= 15 is 0 Å². The minimum Gasteiger partial charge on any atom is -0.495 e. The minimum absolute atomic E-state index is 0.0555. The molecule has 0 radical (unpaired) electrons. The number of pyridine rings is 1. The molecule has 0 aliphatic carbocycles. The van der Waals surface area contributed by atoms with Gasteiger partial charge in [-0.1, -0.05) is 17.7 Å². The number of ether oxygens (including phenoxy) is 1.